The molecule has 0 rings (SSSR count). The van der Waals surface area contributed by atoms with E-state index in [1.54, 1.807) is 11.9 Å². The lowest BCUT2D eigenvalue weighted by atomic mass is 10.1. The Hall–Kier alpha value is -0.900. The predicted octanol–water partition coefficient (Wildman–Crippen LogP) is -0.229. The number of nitrogens with two attached hydrogens (primary N) is 1. The highest BCUT2D eigenvalue weighted by molar-refractivity contribution is 5.77. The number of ketones is 1. The first-order chi connectivity index (χ1) is 5.43. The van der Waals surface area contributed by atoms with E-state index in [2.05, 4.69) is 0 Å². The van der Waals surface area contributed by atoms with Crippen LogP contribution in [0, 0.1) is 0 Å². The van der Waals surface area contributed by atoms with E-state index in [1.165, 1.54) is 6.92 Å². The molecule has 0 aromatic heterocycles. The van der Waals surface area contributed by atoms with Gasteiger partial charge in [0.15, 0.2) is 0 Å². The summed E-state index contributed by atoms with van der Waals surface area (Å²) in [6.45, 7) is 3.63. The first-order valence-electron chi connectivity index (χ1n) is 3.91. The summed E-state index contributed by atoms with van der Waals surface area (Å²) in [5.41, 5.74) is 5.00. The van der Waals surface area contributed by atoms with Crippen molar-refractivity contribution in [3.63, 3.8) is 0 Å². The van der Waals surface area contributed by atoms with Gasteiger partial charge in [0.2, 0.25) is 5.91 Å². The van der Waals surface area contributed by atoms with Crippen LogP contribution in [0.4, 0.5) is 0 Å². The number of carbonyl (C=O) groups excluding carboxylic acids is 2. The SMILES string of the molecule is CC(=O)CC(C)N(C)CC(N)=O. The second-order valence-electron chi connectivity index (χ2n) is 3.14. The number of hydrogen-bond acceptors (Lipinski definition) is 3. The van der Waals surface area contributed by atoms with Gasteiger partial charge in [-0.05, 0) is 20.9 Å². The van der Waals surface area contributed by atoms with E-state index in [0.717, 1.165) is 0 Å². The lowest BCUT2D eigenvalue weighted by Crippen LogP contribution is -2.37. The Morgan fingerprint density at radius 1 is 1.50 bits per heavy atom. The summed E-state index contributed by atoms with van der Waals surface area (Å²) >= 11 is 0. The normalized spacial score (nSPS) is 13.0. The average Bonchev–Trinajstić information content (AvgIpc) is 1.84. The molecule has 2 N–H and O–H groups in total. The van der Waals surface area contributed by atoms with Crippen LogP contribution >= 0.6 is 0 Å². The maximum atomic E-state index is 10.7. The molecule has 1 amide bonds. The number of amides is 1. The van der Waals surface area contributed by atoms with Crippen molar-refractivity contribution in [2.75, 3.05) is 13.6 Å². The zero-order valence-corrected chi connectivity index (χ0v) is 7.83. The van der Waals surface area contributed by atoms with Crippen molar-refractivity contribution < 1.29 is 9.59 Å². The number of likely N-dealkylation sites (N-methyl/N-ethyl adjacent to an activating group) is 1. The molecular formula is C8H16N2O2. The number of primary amides is 1. The minimum Gasteiger partial charge on any atom is -0.369 e. The largest absolute Gasteiger partial charge is 0.369 e. The van der Waals surface area contributed by atoms with E-state index in [4.69, 9.17) is 5.73 Å². The maximum Gasteiger partial charge on any atom is 0.231 e. The van der Waals surface area contributed by atoms with Crippen LogP contribution < -0.4 is 5.73 Å². The van der Waals surface area contributed by atoms with E-state index >= 15 is 0 Å². The molecule has 0 aliphatic rings. The van der Waals surface area contributed by atoms with Gasteiger partial charge in [0.05, 0.1) is 6.54 Å². The highest BCUT2D eigenvalue weighted by atomic mass is 16.1. The van der Waals surface area contributed by atoms with E-state index < -0.39 is 0 Å². The molecule has 0 aromatic rings. The van der Waals surface area contributed by atoms with Crippen LogP contribution in [0.15, 0.2) is 0 Å². The second kappa shape index (κ2) is 4.87. The van der Waals surface area contributed by atoms with Gasteiger partial charge in [-0.3, -0.25) is 14.5 Å². The van der Waals surface area contributed by atoms with Crippen molar-refractivity contribution in [3.8, 4) is 0 Å². The van der Waals surface area contributed by atoms with Gasteiger partial charge in [-0.1, -0.05) is 0 Å². The molecular weight excluding hydrogens is 156 g/mol. The van der Waals surface area contributed by atoms with Crippen molar-refractivity contribution in [1.82, 2.24) is 4.90 Å². The zero-order valence-electron chi connectivity index (χ0n) is 7.83. The molecule has 0 bridgehead atoms. The summed E-state index contributed by atoms with van der Waals surface area (Å²) in [7, 11) is 1.78. The molecule has 0 saturated heterocycles. The van der Waals surface area contributed by atoms with E-state index in [9.17, 15) is 9.59 Å². The van der Waals surface area contributed by atoms with Crippen molar-refractivity contribution in [2.24, 2.45) is 5.73 Å². The summed E-state index contributed by atoms with van der Waals surface area (Å²) < 4.78 is 0. The van der Waals surface area contributed by atoms with Crippen LogP contribution in [0.25, 0.3) is 0 Å². The van der Waals surface area contributed by atoms with Crippen LogP contribution in [0.1, 0.15) is 20.3 Å². The van der Waals surface area contributed by atoms with Gasteiger partial charge in [0.25, 0.3) is 0 Å². The molecule has 0 aromatic carbocycles. The third-order valence-electron chi connectivity index (χ3n) is 1.74. The Kier molecular flexibility index (Phi) is 4.51. The smallest absolute Gasteiger partial charge is 0.231 e. The first-order valence-corrected chi connectivity index (χ1v) is 3.91. The summed E-state index contributed by atoms with van der Waals surface area (Å²) in [4.78, 5) is 23.0. The molecule has 0 aliphatic heterocycles. The molecule has 1 atom stereocenters. The van der Waals surface area contributed by atoms with E-state index in [0.29, 0.717) is 6.42 Å². The van der Waals surface area contributed by atoms with Crippen LogP contribution in [-0.2, 0) is 9.59 Å². The van der Waals surface area contributed by atoms with Gasteiger partial charge in [0, 0.05) is 12.5 Å². The van der Waals surface area contributed by atoms with Crippen molar-refractivity contribution in [1.29, 1.82) is 0 Å². The van der Waals surface area contributed by atoms with Crippen LogP contribution in [0.2, 0.25) is 0 Å². The van der Waals surface area contributed by atoms with Crippen LogP contribution in [-0.4, -0.2) is 36.2 Å². The highest BCUT2D eigenvalue weighted by Crippen LogP contribution is 2.00. The van der Waals surface area contributed by atoms with Gasteiger partial charge in [-0.2, -0.15) is 0 Å². The van der Waals surface area contributed by atoms with Crippen molar-refractivity contribution >= 4 is 11.7 Å². The van der Waals surface area contributed by atoms with Crippen molar-refractivity contribution in [2.45, 2.75) is 26.3 Å². The Morgan fingerprint density at radius 2 is 2.00 bits per heavy atom. The Labute approximate surface area is 72.7 Å². The summed E-state index contributed by atoms with van der Waals surface area (Å²) in [6, 6.07) is 0.0787. The molecule has 0 aliphatic carbocycles. The van der Waals surface area contributed by atoms with E-state index in [1.807, 2.05) is 6.92 Å². The Balaban J connectivity index is 3.83. The molecule has 0 saturated carbocycles. The average molecular weight is 172 g/mol. The standard InChI is InChI=1S/C8H16N2O2/c1-6(4-7(2)11)10(3)5-8(9)12/h6H,4-5H2,1-3H3,(H2,9,12). The van der Waals surface area contributed by atoms with Gasteiger partial charge in [0.1, 0.15) is 5.78 Å². The molecule has 0 radical (unpaired) electrons. The number of rotatable bonds is 5. The Morgan fingerprint density at radius 3 is 2.33 bits per heavy atom. The van der Waals surface area contributed by atoms with Gasteiger partial charge < -0.3 is 5.73 Å². The molecule has 4 heteroatoms. The van der Waals surface area contributed by atoms with Gasteiger partial charge in [-0.15, -0.1) is 0 Å². The fourth-order valence-electron chi connectivity index (χ4n) is 0.973. The van der Waals surface area contributed by atoms with Gasteiger partial charge >= 0.3 is 0 Å². The minimum absolute atomic E-state index is 0.0787. The lowest BCUT2D eigenvalue weighted by molar-refractivity contribution is -0.121. The fourth-order valence-corrected chi connectivity index (χ4v) is 0.973. The lowest BCUT2D eigenvalue weighted by Gasteiger charge is -2.21. The number of Topliss-reactive ketones (excluding diaryl/α,β-unsaturated/α-hetero) is 1. The first kappa shape index (κ1) is 11.1. The van der Waals surface area contributed by atoms with Gasteiger partial charge in [-0.25, -0.2) is 0 Å². The molecule has 0 spiro atoms. The van der Waals surface area contributed by atoms with E-state index in [-0.39, 0.29) is 24.3 Å². The summed E-state index contributed by atoms with van der Waals surface area (Å²) in [6.07, 6.45) is 0.462. The third kappa shape index (κ3) is 4.85. The second-order valence-corrected chi connectivity index (χ2v) is 3.14. The summed E-state index contributed by atoms with van der Waals surface area (Å²) in [5, 5.41) is 0. The highest BCUT2D eigenvalue weighted by Gasteiger charge is 2.12. The monoisotopic (exact) mass is 172 g/mol. The Bertz CT molecular complexity index is 160. The predicted molar refractivity (Wildman–Crippen MR) is 46.6 cm³/mol. The van der Waals surface area contributed by atoms with Crippen molar-refractivity contribution in [3.05, 3.63) is 0 Å². The number of carbonyl (C=O) groups is 2. The topological polar surface area (TPSA) is 63.4 Å². The molecule has 0 fully saturated rings. The van der Waals surface area contributed by atoms with Crippen LogP contribution in [0.5, 0.6) is 0 Å². The third-order valence-corrected chi connectivity index (χ3v) is 1.74. The molecule has 70 valence electrons. The quantitative estimate of drug-likeness (QED) is 0.623. The maximum absolute atomic E-state index is 10.7. The zero-order chi connectivity index (χ0) is 9.72. The minimum atomic E-state index is -0.368. The summed E-state index contributed by atoms with van der Waals surface area (Å²) in [5.74, 6) is -0.244. The fraction of sp³-hybridized carbons (Fsp3) is 0.750. The molecule has 4 nitrogen and oxygen atoms in total. The number of nitrogens with zero attached hydrogens (tertiary/aromatic N) is 1. The molecule has 12 heavy (non-hydrogen) atoms. The molecule has 0 heterocycles. The van der Waals surface area contributed by atoms with Crippen LogP contribution in [0.3, 0.4) is 0 Å². The number of hydrogen-bond donors (Lipinski definition) is 1. The molecule has 1 unspecified atom stereocenters.